The number of ether oxygens (including phenoxy) is 3. The minimum atomic E-state index is -0.909. The van der Waals surface area contributed by atoms with Gasteiger partial charge in [0.1, 0.15) is 17.6 Å². The van der Waals surface area contributed by atoms with Crippen LogP contribution in [0.3, 0.4) is 0 Å². The van der Waals surface area contributed by atoms with Crippen molar-refractivity contribution in [1.82, 2.24) is 9.97 Å². The molecule has 0 amide bonds. The Morgan fingerprint density at radius 3 is 2.33 bits per heavy atom. The lowest BCUT2D eigenvalue weighted by molar-refractivity contribution is 0.142. The fraction of sp³-hybridized carbons (Fsp3) is 0.568. The molecule has 0 unspecified atom stereocenters. The van der Waals surface area contributed by atoms with Crippen LogP contribution >= 0.6 is 0 Å². The molecule has 0 fully saturated rings. The number of aromatic nitrogens is 2. The van der Waals surface area contributed by atoms with Gasteiger partial charge in [0, 0.05) is 12.0 Å². The van der Waals surface area contributed by atoms with Crippen molar-refractivity contribution in [2.45, 2.75) is 112 Å². The van der Waals surface area contributed by atoms with E-state index >= 15 is 4.39 Å². The highest BCUT2D eigenvalue weighted by Gasteiger charge is 2.33. The zero-order valence-corrected chi connectivity index (χ0v) is 28.8. The molecule has 2 rings (SSSR count). The standard InChI is InChI=1S/C37H53FN4O3/c1-12-24(3)17-18-28(7)44-32-23-33(45-30(21-25(4)13-2)22-26(5)19-20-39)42-35(41-32)29(8)40-36(43-11)37(9,10)34-27(6)15-14-16-31(34)38/h13-16,23-26,28,30H,2,8,12,17-19,21-22H2,1,3-7,9-11H3/t24-,25+,26+,28-,30-/m0/s1. The lowest BCUT2D eigenvalue weighted by atomic mass is 9.81. The van der Waals surface area contributed by atoms with Crippen LogP contribution < -0.4 is 9.47 Å². The van der Waals surface area contributed by atoms with Crippen LogP contribution in [0.15, 0.2) is 48.5 Å². The molecule has 7 nitrogen and oxygen atoms in total. The van der Waals surface area contributed by atoms with E-state index in [9.17, 15) is 5.26 Å². The molecular weight excluding hydrogens is 567 g/mol. The summed E-state index contributed by atoms with van der Waals surface area (Å²) in [5.74, 6) is 1.77. The third-order valence-electron chi connectivity index (χ3n) is 8.26. The summed E-state index contributed by atoms with van der Waals surface area (Å²) in [5, 5.41) is 9.23. The monoisotopic (exact) mass is 620 g/mol. The van der Waals surface area contributed by atoms with Crippen LogP contribution in [0.2, 0.25) is 0 Å². The molecule has 0 spiro atoms. The first-order valence-corrected chi connectivity index (χ1v) is 16.0. The van der Waals surface area contributed by atoms with E-state index in [1.54, 1.807) is 12.1 Å². The average Bonchev–Trinajstić information content (AvgIpc) is 2.97. The number of halogens is 1. The van der Waals surface area contributed by atoms with E-state index in [2.05, 4.69) is 50.0 Å². The Morgan fingerprint density at radius 2 is 1.76 bits per heavy atom. The lowest BCUT2D eigenvalue weighted by Gasteiger charge is -2.28. The second-order valence-corrected chi connectivity index (χ2v) is 12.9. The second kappa shape index (κ2) is 17.7. The number of hydrogen-bond acceptors (Lipinski definition) is 7. The van der Waals surface area contributed by atoms with E-state index in [0.29, 0.717) is 42.5 Å². The first-order valence-electron chi connectivity index (χ1n) is 16.0. The van der Waals surface area contributed by atoms with E-state index in [1.165, 1.54) is 13.2 Å². The number of aryl methyl sites for hydroxylation is 1. The van der Waals surface area contributed by atoms with Crippen molar-refractivity contribution < 1.29 is 18.6 Å². The number of methoxy groups -OCH3 is 1. The van der Waals surface area contributed by atoms with Crippen molar-refractivity contribution in [3.8, 4) is 17.8 Å². The Balaban J connectivity index is 2.54. The molecule has 0 saturated heterocycles. The fourth-order valence-electron chi connectivity index (χ4n) is 5.35. The summed E-state index contributed by atoms with van der Waals surface area (Å²) in [6, 6.07) is 8.93. The Kier molecular flexibility index (Phi) is 14.7. The Morgan fingerprint density at radius 1 is 1.09 bits per heavy atom. The molecule has 246 valence electrons. The number of aliphatic imine (C=N–C) groups is 1. The highest BCUT2D eigenvalue weighted by atomic mass is 19.1. The molecule has 0 N–H and O–H groups in total. The summed E-state index contributed by atoms with van der Waals surface area (Å²) >= 11 is 0. The minimum Gasteiger partial charge on any atom is -0.483 e. The van der Waals surface area contributed by atoms with Gasteiger partial charge < -0.3 is 14.2 Å². The molecule has 1 heterocycles. The molecule has 0 radical (unpaired) electrons. The van der Waals surface area contributed by atoms with Crippen LogP contribution in [0.25, 0.3) is 5.70 Å². The van der Waals surface area contributed by atoms with Gasteiger partial charge in [-0.25, -0.2) is 9.38 Å². The van der Waals surface area contributed by atoms with Gasteiger partial charge >= 0.3 is 0 Å². The summed E-state index contributed by atoms with van der Waals surface area (Å²) in [6.45, 7) is 24.2. The van der Waals surface area contributed by atoms with E-state index in [1.807, 2.05) is 46.8 Å². The third kappa shape index (κ3) is 11.3. The van der Waals surface area contributed by atoms with E-state index in [0.717, 1.165) is 24.8 Å². The third-order valence-corrected chi connectivity index (χ3v) is 8.26. The quantitative estimate of drug-likeness (QED) is 0.0937. The fourth-order valence-corrected chi connectivity index (χ4v) is 5.35. The van der Waals surface area contributed by atoms with Gasteiger partial charge in [0.2, 0.25) is 11.8 Å². The van der Waals surface area contributed by atoms with Gasteiger partial charge in [-0.15, -0.1) is 6.58 Å². The van der Waals surface area contributed by atoms with Crippen LogP contribution in [0.5, 0.6) is 11.8 Å². The maximum Gasteiger partial charge on any atom is 0.221 e. The maximum atomic E-state index is 15.0. The zero-order chi connectivity index (χ0) is 33.7. The first-order chi connectivity index (χ1) is 21.2. The van der Waals surface area contributed by atoms with Crippen molar-refractivity contribution in [2.24, 2.45) is 22.7 Å². The predicted molar refractivity (Wildman–Crippen MR) is 181 cm³/mol. The Hall–Kier alpha value is -3.73. The number of benzene rings is 1. The molecule has 0 aliphatic carbocycles. The topological polar surface area (TPSA) is 89.6 Å². The van der Waals surface area contributed by atoms with E-state index < -0.39 is 5.41 Å². The van der Waals surface area contributed by atoms with E-state index in [4.69, 9.17) is 19.2 Å². The van der Waals surface area contributed by atoms with Gasteiger partial charge in [-0.05, 0) is 82.8 Å². The van der Waals surface area contributed by atoms with Gasteiger partial charge in [0.15, 0.2) is 11.7 Å². The molecule has 1 aromatic heterocycles. The van der Waals surface area contributed by atoms with Crippen LogP contribution in [0.4, 0.5) is 4.39 Å². The number of nitrogens with zero attached hydrogens (tertiary/aromatic N) is 4. The summed E-state index contributed by atoms with van der Waals surface area (Å²) in [4.78, 5) is 14.0. The zero-order valence-electron chi connectivity index (χ0n) is 28.8. The van der Waals surface area contributed by atoms with Crippen LogP contribution in [0.1, 0.15) is 104 Å². The number of hydrogen-bond donors (Lipinski definition) is 0. The molecular formula is C37H53FN4O3. The molecule has 1 aromatic carbocycles. The lowest BCUT2D eigenvalue weighted by Crippen LogP contribution is -2.32. The van der Waals surface area contributed by atoms with Crippen molar-refractivity contribution in [1.29, 1.82) is 5.26 Å². The molecule has 8 heteroatoms. The molecule has 0 saturated carbocycles. The Bertz CT molecular complexity index is 1330. The van der Waals surface area contributed by atoms with Gasteiger partial charge in [-0.2, -0.15) is 15.2 Å². The average molecular weight is 621 g/mol. The summed E-state index contributed by atoms with van der Waals surface area (Å²) in [7, 11) is 1.51. The molecule has 0 aliphatic rings. The van der Waals surface area contributed by atoms with Crippen molar-refractivity contribution in [3.05, 3.63) is 66.3 Å². The summed E-state index contributed by atoms with van der Waals surface area (Å²) < 4.78 is 33.5. The van der Waals surface area contributed by atoms with Gasteiger partial charge in [-0.3, -0.25) is 0 Å². The molecule has 0 bridgehead atoms. The van der Waals surface area contributed by atoms with Crippen molar-refractivity contribution in [3.63, 3.8) is 0 Å². The number of allylic oxidation sites excluding steroid dienone is 1. The molecule has 5 atom stereocenters. The summed E-state index contributed by atoms with van der Waals surface area (Å²) in [6.07, 6.45) is 6.44. The number of rotatable bonds is 18. The van der Waals surface area contributed by atoms with Crippen LogP contribution in [-0.2, 0) is 10.2 Å². The minimum absolute atomic E-state index is 0.0869. The van der Waals surface area contributed by atoms with Gasteiger partial charge in [0.25, 0.3) is 0 Å². The second-order valence-electron chi connectivity index (χ2n) is 12.9. The van der Waals surface area contributed by atoms with E-state index in [-0.39, 0.29) is 47.3 Å². The van der Waals surface area contributed by atoms with Crippen LogP contribution in [0, 0.1) is 41.8 Å². The number of nitriles is 1. The predicted octanol–water partition coefficient (Wildman–Crippen LogP) is 9.41. The largest absolute Gasteiger partial charge is 0.483 e. The molecule has 0 aliphatic heterocycles. The normalized spacial score (nSPS) is 15.3. The maximum absolute atomic E-state index is 15.0. The van der Waals surface area contributed by atoms with Crippen molar-refractivity contribution in [2.75, 3.05) is 7.11 Å². The van der Waals surface area contributed by atoms with Gasteiger partial charge in [-0.1, -0.05) is 58.9 Å². The summed E-state index contributed by atoms with van der Waals surface area (Å²) in [5.41, 5.74) is 0.592. The molecule has 2 aromatic rings. The van der Waals surface area contributed by atoms with Gasteiger partial charge in [0.05, 0.1) is 30.8 Å². The molecule has 45 heavy (non-hydrogen) atoms. The SMILES string of the molecule is C=C[C@@H](C)C[C@@H](C[C@H](C)CC#N)Oc1cc(O[C@@H](C)CC[C@@H](C)CC)nc(C(=C)N=C(OC)C(C)(C)c2c(C)cccc2F)n1. The highest BCUT2D eigenvalue weighted by molar-refractivity contribution is 5.91. The smallest absolute Gasteiger partial charge is 0.221 e. The van der Waals surface area contributed by atoms with Crippen molar-refractivity contribution >= 4 is 11.6 Å². The Labute approximate surface area is 270 Å². The highest BCUT2D eigenvalue weighted by Crippen LogP contribution is 2.33. The van der Waals surface area contributed by atoms with Crippen LogP contribution in [-0.4, -0.2) is 35.2 Å². The first kappa shape index (κ1) is 37.5.